The molecule has 1 aliphatic rings. The summed E-state index contributed by atoms with van der Waals surface area (Å²) in [5.41, 5.74) is 2.40. The van der Waals surface area contributed by atoms with Crippen LogP contribution in [0.4, 0.5) is 22.1 Å². The first-order chi connectivity index (χ1) is 25.9. The van der Waals surface area contributed by atoms with Crippen molar-refractivity contribution in [3.8, 4) is 5.88 Å². The molecule has 1 fully saturated rings. The highest BCUT2D eigenvalue weighted by molar-refractivity contribution is 5.98. The molecule has 1 saturated carbocycles. The molecule has 13 nitrogen and oxygen atoms in total. The molecule has 2 heterocycles. The molecular formula is C40H34N6O7. The third kappa shape index (κ3) is 7.73. The lowest BCUT2D eigenvalue weighted by atomic mass is 9.69. The summed E-state index contributed by atoms with van der Waals surface area (Å²) in [6.07, 6.45) is 1.30. The summed E-state index contributed by atoms with van der Waals surface area (Å²) in [5, 5.41) is 2.59. The summed E-state index contributed by atoms with van der Waals surface area (Å²) in [7, 11) is 0. The molecule has 1 aliphatic carbocycles. The number of esters is 2. The predicted octanol–water partition coefficient (Wildman–Crippen LogP) is 7.01. The molecule has 3 atom stereocenters. The second kappa shape index (κ2) is 15.6. The van der Waals surface area contributed by atoms with Crippen LogP contribution in [0, 0.1) is 11.8 Å². The quantitative estimate of drug-likeness (QED) is 0.139. The molecule has 13 heteroatoms. The third-order valence-electron chi connectivity index (χ3n) is 8.93. The van der Waals surface area contributed by atoms with Crippen LogP contribution in [0.1, 0.15) is 40.1 Å². The maximum Gasteiger partial charge on any atom is 0.425 e. The Morgan fingerprint density at radius 1 is 0.736 bits per heavy atom. The zero-order valence-corrected chi connectivity index (χ0v) is 28.6. The summed E-state index contributed by atoms with van der Waals surface area (Å²) in [4.78, 5) is 66.7. The molecule has 0 bridgehead atoms. The first-order valence-corrected chi connectivity index (χ1v) is 16.9. The van der Waals surface area contributed by atoms with Crippen molar-refractivity contribution in [3.63, 3.8) is 0 Å². The minimum absolute atomic E-state index is 0.0141. The lowest BCUT2D eigenvalue weighted by molar-refractivity contribution is -0.114. The average Bonchev–Trinajstić information content (AvgIpc) is 3.59. The number of anilines is 3. The maximum atomic E-state index is 13.9. The van der Waals surface area contributed by atoms with E-state index in [9.17, 15) is 19.2 Å². The molecule has 4 aromatic carbocycles. The largest absolute Gasteiger partial charge is 0.462 e. The molecule has 53 heavy (non-hydrogen) atoms. The first kappa shape index (κ1) is 34.6. The van der Waals surface area contributed by atoms with Crippen LogP contribution >= 0.6 is 0 Å². The number of nitrogens with one attached hydrogen (secondary N) is 1. The van der Waals surface area contributed by atoms with Crippen LogP contribution in [0.3, 0.4) is 0 Å². The van der Waals surface area contributed by atoms with Crippen LogP contribution in [-0.2, 0) is 14.3 Å². The number of amides is 2. The highest BCUT2D eigenvalue weighted by Gasteiger charge is 2.45. The van der Waals surface area contributed by atoms with Crippen molar-refractivity contribution < 1.29 is 33.4 Å². The minimum atomic E-state index is -0.764. The smallest absolute Gasteiger partial charge is 0.425 e. The Labute approximate surface area is 304 Å². The Morgan fingerprint density at radius 2 is 1.26 bits per heavy atom. The topological polar surface area (TPSA) is 155 Å². The SMILES string of the molecule is CC(=O)Nc1nc(OC(=O)N(c2ccccc2)c2ccccc2)c2ncn(C3CC(COC(=O)c4ccccc4)C3COC(=O)c3ccccc3)c2n1. The molecule has 3 unspecified atom stereocenters. The third-order valence-corrected chi connectivity index (χ3v) is 8.93. The Kier molecular flexibility index (Phi) is 10.1. The summed E-state index contributed by atoms with van der Waals surface area (Å²) in [6, 6.07) is 35.0. The molecule has 0 saturated heterocycles. The standard InChI is InChI=1S/C40H34N6O7/c1-26(47)42-39-43-35-34(36(44-39)53-40(50)46(30-18-10-4-11-19-30)31-20-12-5-13-21-31)41-25-45(35)33-22-29(23-51-37(48)27-14-6-2-7-15-27)32(33)24-52-38(49)28-16-8-3-9-17-28/h2-21,25,29,32-33H,22-24H2,1H3,(H,42,43,44,47). The van der Waals surface area contributed by atoms with Gasteiger partial charge in [-0.1, -0.05) is 72.8 Å². The van der Waals surface area contributed by atoms with Gasteiger partial charge < -0.3 is 18.8 Å². The number of aromatic nitrogens is 4. The Hall–Kier alpha value is -6.89. The number of nitrogens with zero attached hydrogens (tertiary/aromatic N) is 5. The van der Waals surface area contributed by atoms with E-state index < -0.39 is 23.9 Å². The van der Waals surface area contributed by atoms with E-state index in [4.69, 9.17) is 14.2 Å². The number of hydrogen-bond acceptors (Lipinski definition) is 10. The van der Waals surface area contributed by atoms with Gasteiger partial charge in [-0.2, -0.15) is 9.97 Å². The highest BCUT2D eigenvalue weighted by atomic mass is 16.6. The lowest BCUT2D eigenvalue weighted by Gasteiger charge is -2.44. The van der Waals surface area contributed by atoms with Gasteiger partial charge in [0.15, 0.2) is 11.2 Å². The van der Waals surface area contributed by atoms with Crippen molar-refractivity contribution in [2.45, 2.75) is 19.4 Å². The summed E-state index contributed by atoms with van der Waals surface area (Å²) < 4.78 is 19.2. The molecule has 0 radical (unpaired) electrons. The van der Waals surface area contributed by atoms with E-state index in [-0.39, 0.29) is 54.1 Å². The lowest BCUT2D eigenvalue weighted by Crippen LogP contribution is -2.44. The van der Waals surface area contributed by atoms with E-state index in [2.05, 4.69) is 20.3 Å². The van der Waals surface area contributed by atoms with Crippen molar-refractivity contribution in [3.05, 3.63) is 139 Å². The Bertz CT molecular complexity index is 2190. The van der Waals surface area contributed by atoms with Gasteiger partial charge in [0.1, 0.15) is 0 Å². The zero-order valence-electron chi connectivity index (χ0n) is 28.6. The molecule has 266 valence electrons. The molecule has 2 aromatic heterocycles. The molecule has 7 rings (SSSR count). The van der Waals surface area contributed by atoms with E-state index in [0.717, 1.165) is 0 Å². The fourth-order valence-electron chi connectivity index (χ4n) is 6.27. The molecule has 0 spiro atoms. The number of hydrogen-bond donors (Lipinski definition) is 1. The van der Waals surface area contributed by atoms with Gasteiger partial charge in [0.05, 0.1) is 42.0 Å². The van der Waals surface area contributed by atoms with Crippen molar-refractivity contribution in [2.75, 3.05) is 23.4 Å². The van der Waals surface area contributed by atoms with E-state index >= 15 is 0 Å². The van der Waals surface area contributed by atoms with Crippen molar-refractivity contribution >= 4 is 52.4 Å². The number of carbonyl (C=O) groups is 4. The van der Waals surface area contributed by atoms with Crippen molar-refractivity contribution in [1.82, 2.24) is 19.5 Å². The second-order valence-electron chi connectivity index (χ2n) is 12.4. The van der Waals surface area contributed by atoms with Crippen LogP contribution in [0.15, 0.2) is 128 Å². The van der Waals surface area contributed by atoms with Crippen LogP contribution in [-0.4, -0.2) is 56.7 Å². The fraction of sp³-hybridized carbons (Fsp3) is 0.175. The summed E-state index contributed by atoms with van der Waals surface area (Å²) >= 11 is 0. The van der Waals surface area contributed by atoms with E-state index in [1.807, 2.05) is 24.3 Å². The Morgan fingerprint density at radius 3 is 1.81 bits per heavy atom. The van der Waals surface area contributed by atoms with Gasteiger partial charge in [0.2, 0.25) is 11.9 Å². The van der Waals surface area contributed by atoms with Gasteiger partial charge in [-0.15, -0.1) is 0 Å². The minimum Gasteiger partial charge on any atom is -0.462 e. The van der Waals surface area contributed by atoms with Gasteiger partial charge >= 0.3 is 18.0 Å². The fourth-order valence-corrected chi connectivity index (χ4v) is 6.27. The number of para-hydroxylation sites is 2. The van der Waals surface area contributed by atoms with E-state index in [1.165, 1.54) is 11.8 Å². The highest BCUT2D eigenvalue weighted by Crippen LogP contribution is 2.46. The Balaban J connectivity index is 1.19. The monoisotopic (exact) mass is 710 g/mol. The second-order valence-corrected chi connectivity index (χ2v) is 12.4. The zero-order chi connectivity index (χ0) is 36.7. The number of ether oxygens (including phenoxy) is 3. The van der Waals surface area contributed by atoms with Gasteiger partial charge in [-0.25, -0.2) is 24.3 Å². The van der Waals surface area contributed by atoms with Gasteiger partial charge in [0.25, 0.3) is 5.88 Å². The van der Waals surface area contributed by atoms with E-state index in [1.54, 1.807) is 108 Å². The molecule has 2 amide bonds. The van der Waals surface area contributed by atoms with Gasteiger partial charge in [-0.3, -0.25) is 10.1 Å². The average molecular weight is 711 g/mol. The number of imidazole rings is 1. The van der Waals surface area contributed by atoms with Crippen LogP contribution < -0.4 is 15.0 Å². The van der Waals surface area contributed by atoms with Crippen molar-refractivity contribution in [1.29, 1.82) is 0 Å². The van der Waals surface area contributed by atoms with Gasteiger partial charge in [-0.05, 0) is 55.0 Å². The van der Waals surface area contributed by atoms with Crippen LogP contribution in [0.5, 0.6) is 5.88 Å². The number of rotatable bonds is 11. The van der Waals surface area contributed by atoms with Gasteiger partial charge in [0, 0.05) is 24.8 Å². The molecule has 6 aromatic rings. The summed E-state index contributed by atoms with van der Waals surface area (Å²) in [5.74, 6) is -2.13. The summed E-state index contributed by atoms with van der Waals surface area (Å²) in [6.45, 7) is 1.42. The molecular weight excluding hydrogens is 676 g/mol. The van der Waals surface area contributed by atoms with Crippen LogP contribution in [0.25, 0.3) is 11.2 Å². The first-order valence-electron chi connectivity index (χ1n) is 16.9. The number of benzene rings is 4. The van der Waals surface area contributed by atoms with Crippen LogP contribution in [0.2, 0.25) is 0 Å². The number of carbonyl (C=O) groups excluding carboxylic acids is 4. The van der Waals surface area contributed by atoms with E-state index in [0.29, 0.717) is 28.9 Å². The predicted molar refractivity (Wildman–Crippen MR) is 195 cm³/mol. The number of fused-ring (bicyclic) bond motifs is 1. The molecule has 1 N–H and O–H groups in total. The van der Waals surface area contributed by atoms with Crippen molar-refractivity contribution in [2.24, 2.45) is 11.8 Å². The maximum absolute atomic E-state index is 13.9. The molecule has 0 aliphatic heterocycles. The normalized spacial score (nSPS) is 16.2.